The summed E-state index contributed by atoms with van der Waals surface area (Å²) < 4.78 is 1.52. The Balaban J connectivity index is 1.38. The van der Waals surface area contributed by atoms with Gasteiger partial charge in [0.2, 0.25) is 11.1 Å². The number of carbonyl (C=O) groups is 3. The Morgan fingerprint density at radius 3 is 2.76 bits per heavy atom. The van der Waals surface area contributed by atoms with E-state index in [0.717, 1.165) is 0 Å². The molecule has 0 aliphatic carbocycles. The number of anilines is 1. The van der Waals surface area contributed by atoms with Gasteiger partial charge in [0.1, 0.15) is 23.2 Å². The third-order valence-corrected chi connectivity index (χ3v) is 8.28. The molecule has 2 amide bonds. The van der Waals surface area contributed by atoms with Crippen LogP contribution in [0, 0.1) is 0 Å². The molecule has 2 aliphatic rings. The number of para-hydroxylation sites is 1. The molecule has 0 radical (unpaired) electrons. The van der Waals surface area contributed by atoms with Gasteiger partial charge in [0, 0.05) is 17.2 Å². The molecule has 15 nitrogen and oxygen atoms in total. The van der Waals surface area contributed by atoms with Crippen LogP contribution in [0.4, 0.5) is 5.69 Å². The number of aromatic nitrogens is 8. The van der Waals surface area contributed by atoms with Crippen molar-refractivity contribution in [2.24, 2.45) is 5.73 Å². The Labute approximate surface area is 217 Å². The number of β-lactam (4-membered cyclic amide) rings is 1. The van der Waals surface area contributed by atoms with Gasteiger partial charge in [-0.2, -0.15) is 0 Å². The summed E-state index contributed by atoms with van der Waals surface area (Å²) in [5.74, 6) is -1.06. The number of H-pyrrole nitrogens is 1. The molecule has 192 valence electrons. The maximum Gasteiger partial charge on any atom is 0.352 e. The van der Waals surface area contributed by atoms with Crippen LogP contribution in [-0.4, -0.2) is 98.1 Å². The van der Waals surface area contributed by atoms with Crippen LogP contribution in [0.1, 0.15) is 18.8 Å². The molecular formula is C20H21N11O4S2. The number of aromatic amines is 1. The summed E-state index contributed by atoms with van der Waals surface area (Å²) in [6, 6.07) is 7.51. The molecule has 3 atom stereocenters. The average Bonchev–Trinajstić information content (AvgIpc) is 3.62. The Hall–Kier alpha value is -3.83. The first-order chi connectivity index (χ1) is 17.9. The van der Waals surface area contributed by atoms with E-state index in [0.29, 0.717) is 28.0 Å². The maximum absolute atomic E-state index is 13.3. The van der Waals surface area contributed by atoms with Crippen molar-refractivity contribution in [1.82, 2.24) is 45.7 Å². The lowest BCUT2D eigenvalue weighted by Crippen LogP contribution is -2.72. The van der Waals surface area contributed by atoms with Crippen LogP contribution in [0.3, 0.4) is 0 Å². The third-order valence-electron chi connectivity index (χ3n) is 5.94. The number of fused-ring (bicyclic) bond motifs is 1. The van der Waals surface area contributed by atoms with Crippen LogP contribution >= 0.6 is 23.5 Å². The van der Waals surface area contributed by atoms with Gasteiger partial charge in [-0.25, -0.2) is 14.6 Å². The number of aliphatic carboxylic acids is 1. The number of nitrogens with one attached hydrogen (secondary N) is 1. The van der Waals surface area contributed by atoms with Crippen molar-refractivity contribution in [2.75, 3.05) is 23.0 Å². The fraction of sp³-hybridized carbons (Fsp3) is 0.350. The second-order valence-electron chi connectivity index (χ2n) is 8.07. The highest BCUT2D eigenvalue weighted by atomic mass is 32.2. The van der Waals surface area contributed by atoms with E-state index in [9.17, 15) is 19.5 Å². The molecule has 1 saturated heterocycles. The molecule has 1 fully saturated rings. The zero-order valence-corrected chi connectivity index (χ0v) is 21.0. The van der Waals surface area contributed by atoms with Gasteiger partial charge >= 0.3 is 5.97 Å². The predicted octanol–water partition coefficient (Wildman–Crippen LogP) is -0.498. The standard InChI is InChI=1S/C20H21N11O4S2/c1-10(16-22-25-26-23-16)31-20(24-27-28-31)37-9-11-8-36-18-15(17(33)30(18)14(11)19(34)35)29(13(32)7-21)12-5-3-2-4-6-12/h2-6,10,15,18H,7-9,21H2,1H3,(H,34,35)(H,22,23,25,26)/t10?,15-,18+/m1/s1. The largest absolute Gasteiger partial charge is 0.477 e. The number of nitrogens with zero attached hydrogens (tertiary/aromatic N) is 9. The van der Waals surface area contributed by atoms with E-state index in [1.54, 1.807) is 30.3 Å². The minimum Gasteiger partial charge on any atom is -0.477 e. The first kappa shape index (κ1) is 24.8. The van der Waals surface area contributed by atoms with Crippen molar-refractivity contribution in [3.8, 4) is 0 Å². The fourth-order valence-electron chi connectivity index (χ4n) is 4.16. The van der Waals surface area contributed by atoms with E-state index in [1.165, 1.54) is 38.0 Å². The summed E-state index contributed by atoms with van der Waals surface area (Å²) in [6.45, 7) is 1.53. The normalized spacial score (nSPS) is 19.8. The van der Waals surface area contributed by atoms with Crippen molar-refractivity contribution < 1.29 is 19.5 Å². The number of nitrogens with two attached hydrogens (primary N) is 1. The first-order valence-electron chi connectivity index (χ1n) is 11.0. The van der Waals surface area contributed by atoms with E-state index < -0.39 is 29.2 Å². The summed E-state index contributed by atoms with van der Waals surface area (Å²) in [4.78, 5) is 40.9. The van der Waals surface area contributed by atoms with Crippen LogP contribution in [0.5, 0.6) is 0 Å². The summed E-state index contributed by atoms with van der Waals surface area (Å²) in [5, 5.41) is 35.3. The Morgan fingerprint density at radius 2 is 2.08 bits per heavy atom. The van der Waals surface area contributed by atoms with Crippen LogP contribution in [0.2, 0.25) is 0 Å². The van der Waals surface area contributed by atoms with Gasteiger partial charge < -0.3 is 10.8 Å². The molecule has 4 heterocycles. The third kappa shape index (κ3) is 4.44. The van der Waals surface area contributed by atoms with Crippen LogP contribution < -0.4 is 10.6 Å². The lowest BCUT2D eigenvalue weighted by molar-refractivity contribution is -0.149. The monoisotopic (exact) mass is 543 g/mol. The number of carboxylic acid groups (broad SMARTS) is 1. The van der Waals surface area contributed by atoms with Crippen LogP contribution in [0.15, 0.2) is 46.8 Å². The number of benzene rings is 1. The molecule has 5 rings (SSSR count). The quantitative estimate of drug-likeness (QED) is 0.230. The van der Waals surface area contributed by atoms with Crippen molar-refractivity contribution in [3.05, 3.63) is 47.4 Å². The number of thioether (sulfide) groups is 2. The Kier molecular flexibility index (Phi) is 6.90. The summed E-state index contributed by atoms with van der Waals surface area (Å²) in [6.07, 6.45) is 0. The number of hydrogen-bond donors (Lipinski definition) is 3. The second-order valence-corrected chi connectivity index (χ2v) is 10.1. The predicted molar refractivity (Wildman–Crippen MR) is 131 cm³/mol. The van der Waals surface area contributed by atoms with Gasteiger partial charge in [0.15, 0.2) is 5.82 Å². The highest BCUT2D eigenvalue weighted by molar-refractivity contribution is 8.01. The Bertz CT molecular complexity index is 1350. The number of hydrogen-bond acceptors (Lipinski definition) is 12. The van der Waals surface area contributed by atoms with E-state index in [2.05, 4.69) is 36.1 Å². The second kappa shape index (κ2) is 10.3. The van der Waals surface area contributed by atoms with Gasteiger partial charge in [-0.05, 0) is 45.5 Å². The molecule has 0 spiro atoms. The maximum atomic E-state index is 13.3. The minimum absolute atomic E-state index is 0.0859. The van der Waals surface area contributed by atoms with E-state index in [1.807, 2.05) is 6.92 Å². The zero-order valence-electron chi connectivity index (χ0n) is 19.3. The summed E-state index contributed by atoms with van der Waals surface area (Å²) in [7, 11) is 0. The van der Waals surface area contributed by atoms with E-state index >= 15 is 0 Å². The molecular weight excluding hydrogens is 522 g/mol. The molecule has 1 aromatic carbocycles. The topological polar surface area (TPSA) is 202 Å². The van der Waals surface area contributed by atoms with Crippen molar-refractivity contribution in [1.29, 1.82) is 0 Å². The van der Waals surface area contributed by atoms with Gasteiger partial charge in [-0.1, -0.05) is 30.0 Å². The van der Waals surface area contributed by atoms with Crippen LogP contribution in [0.25, 0.3) is 0 Å². The summed E-state index contributed by atoms with van der Waals surface area (Å²) >= 11 is 2.64. The zero-order chi connectivity index (χ0) is 26.1. The highest BCUT2D eigenvalue weighted by Gasteiger charge is 2.57. The van der Waals surface area contributed by atoms with Crippen LogP contribution in [-0.2, 0) is 14.4 Å². The average molecular weight is 544 g/mol. The fourth-order valence-corrected chi connectivity index (χ4v) is 6.64. The number of tetrazole rings is 2. The summed E-state index contributed by atoms with van der Waals surface area (Å²) in [5.41, 5.74) is 6.62. The molecule has 0 bridgehead atoms. The number of carboxylic acids is 1. The molecule has 3 aromatic rings. The van der Waals surface area contributed by atoms with E-state index in [4.69, 9.17) is 5.73 Å². The molecule has 37 heavy (non-hydrogen) atoms. The first-order valence-corrected chi connectivity index (χ1v) is 13.1. The van der Waals surface area contributed by atoms with Gasteiger partial charge in [-0.15, -0.1) is 22.0 Å². The minimum atomic E-state index is -1.22. The number of rotatable bonds is 9. The lowest BCUT2D eigenvalue weighted by Gasteiger charge is -2.52. The van der Waals surface area contributed by atoms with Crippen molar-refractivity contribution in [3.63, 3.8) is 0 Å². The van der Waals surface area contributed by atoms with Gasteiger partial charge in [0.25, 0.3) is 5.91 Å². The molecule has 2 aromatic heterocycles. The van der Waals surface area contributed by atoms with Crippen molar-refractivity contribution >= 4 is 47.0 Å². The molecule has 17 heteroatoms. The van der Waals surface area contributed by atoms with Gasteiger partial charge in [-0.3, -0.25) is 19.4 Å². The van der Waals surface area contributed by atoms with Crippen molar-refractivity contribution in [2.45, 2.75) is 29.5 Å². The highest BCUT2D eigenvalue weighted by Crippen LogP contribution is 2.44. The Morgan fingerprint density at radius 1 is 1.30 bits per heavy atom. The lowest BCUT2D eigenvalue weighted by atomic mass is 10.0. The molecule has 1 unspecified atom stereocenters. The smallest absolute Gasteiger partial charge is 0.352 e. The molecule has 0 saturated carbocycles. The molecule has 2 aliphatic heterocycles. The molecule has 4 N–H and O–H groups in total. The van der Waals surface area contributed by atoms with Gasteiger partial charge in [0.05, 0.1) is 6.54 Å². The van der Waals surface area contributed by atoms with E-state index in [-0.39, 0.29) is 24.0 Å². The SMILES string of the molecule is CC(c1nnn[nH]1)n1nnnc1SCC1=C(C(=O)O)N2C(=O)[C@@H](N(C(=O)CN)c3ccccc3)[C@@H]2SC1. The number of carbonyl (C=O) groups excluding carboxylic acids is 2. The number of amides is 2.